The van der Waals surface area contributed by atoms with E-state index in [1.807, 2.05) is 119 Å². The summed E-state index contributed by atoms with van der Waals surface area (Å²) in [6.07, 6.45) is 10.0. The number of benzene rings is 4. The zero-order chi connectivity index (χ0) is 65.3. The number of likely N-dealkylation sites (tertiary alicyclic amines) is 2. The number of carbonyl (C=O) groups is 3. The molecule has 9 heterocycles. The molecule has 0 radical (unpaired) electrons. The summed E-state index contributed by atoms with van der Waals surface area (Å²) >= 11 is 0. The van der Waals surface area contributed by atoms with E-state index in [9.17, 15) is 24.6 Å². The van der Waals surface area contributed by atoms with E-state index in [0.29, 0.717) is 90.7 Å². The third-order valence-electron chi connectivity index (χ3n) is 19.4. The first-order valence-corrected chi connectivity index (χ1v) is 33.2. The Bertz CT molecular complexity index is 4130. The lowest BCUT2D eigenvalue weighted by atomic mass is 9.88. The number of anilines is 1. The van der Waals surface area contributed by atoms with Crippen molar-refractivity contribution in [1.29, 1.82) is 0 Å². The number of aliphatic hydroxyl groups excluding tert-OH is 2. The van der Waals surface area contributed by atoms with Crippen LogP contribution in [0.15, 0.2) is 85.3 Å². The fourth-order valence-electron chi connectivity index (χ4n) is 14.4. The van der Waals surface area contributed by atoms with Crippen LogP contribution < -0.4 is 19.7 Å². The van der Waals surface area contributed by atoms with Crippen molar-refractivity contribution in [3.63, 3.8) is 0 Å². The Morgan fingerprint density at radius 3 is 2.31 bits per heavy atom. The van der Waals surface area contributed by atoms with Gasteiger partial charge in [0.25, 0.3) is 0 Å². The molecule has 1 unspecified atom stereocenters. The lowest BCUT2D eigenvalue weighted by molar-refractivity contribution is -0.142. The summed E-state index contributed by atoms with van der Waals surface area (Å²) in [7, 11) is 1.85. The topological polar surface area (TPSA) is 252 Å². The molecule has 3 amide bonds. The Balaban J connectivity index is 0.781. The third kappa shape index (κ3) is 12.3. The summed E-state index contributed by atoms with van der Waals surface area (Å²) < 4.78 is 54.1. The van der Waals surface area contributed by atoms with Crippen LogP contribution in [0.4, 0.5) is 15.0 Å². The number of aryl methyl sites for hydroxylation is 1. The van der Waals surface area contributed by atoms with Crippen LogP contribution in [-0.4, -0.2) is 164 Å². The minimum absolute atomic E-state index is 0.0240. The molecule has 3 N–H and O–H groups in total. The van der Waals surface area contributed by atoms with Gasteiger partial charge in [-0.3, -0.25) is 14.3 Å². The SMILES string of the molecule is Cc1c(F)cc2c(cnn2C2CCCCO2)c1-c1c(C2CC2)cc2c(N3C[C@@H]4C[C@H]3CN4C(=O)OC(C)(C)C)nc(OC3CCOCC3)nc2c1OCc1ccc(-c2cn([C@H](C(=O)N3C[C@H](O)C[C@H]3C(=O)N[C@H](CO)c3ccc(-c4ccnn4C)cc3)C(C)C)nn2)cc1. The fraction of sp³-hybridized carbons (Fsp3) is 0.500. The van der Waals surface area contributed by atoms with Crippen molar-refractivity contribution in [3.05, 3.63) is 113 Å². The van der Waals surface area contributed by atoms with Gasteiger partial charge in [0.05, 0.1) is 67.7 Å². The molecule has 8 aromatic rings. The van der Waals surface area contributed by atoms with Crippen LogP contribution in [0.1, 0.15) is 139 Å². The highest BCUT2D eigenvalue weighted by molar-refractivity contribution is 6.06. The molecule has 94 heavy (non-hydrogen) atoms. The summed E-state index contributed by atoms with van der Waals surface area (Å²) in [6.45, 7) is 13.5. The number of rotatable bonds is 18. The van der Waals surface area contributed by atoms with Crippen LogP contribution in [0.3, 0.4) is 0 Å². The van der Waals surface area contributed by atoms with E-state index in [4.69, 9.17) is 38.8 Å². The van der Waals surface area contributed by atoms with Crippen LogP contribution in [-0.2, 0) is 37.5 Å². The van der Waals surface area contributed by atoms with Crippen molar-refractivity contribution < 1.29 is 52.7 Å². The minimum atomic E-state index is -1.00. The highest BCUT2D eigenvalue weighted by Crippen LogP contribution is 2.54. The van der Waals surface area contributed by atoms with Gasteiger partial charge in [-0.1, -0.05) is 67.6 Å². The first-order valence-electron chi connectivity index (χ1n) is 33.2. The molecule has 2 bridgehead atoms. The zero-order valence-corrected chi connectivity index (χ0v) is 54.3. The third-order valence-corrected chi connectivity index (χ3v) is 19.4. The van der Waals surface area contributed by atoms with Gasteiger partial charge in [-0.05, 0) is 118 Å². The molecule has 23 nitrogen and oxygen atoms in total. The molecule has 7 atom stereocenters. The van der Waals surface area contributed by atoms with Gasteiger partial charge < -0.3 is 53.9 Å². The van der Waals surface area contributed by atoms with Crippen LogP contribution in [0, 0.1) is 18.7 Å². The lowest BCUT2D eigenvalue weighted by Gasteiger charge is -2.36. The summed E-state index contributed by atoms with van der Waals surface area (Å²) in [5, 5.41) is 44.2. The molecule has 14 rings (SSSR count). The van der Waals surface area contributed by atoms with Gasteiger partial charge in [-0.2, -0.15) is 20.2 Å². The number of halogens is 1. The number of piperazine rings is 1. The molecule has 1 aliphatic carbocycles. The summed E-state index contributed by atoms with van der Waals surface area (Å²) in [5.41, 5.74) is 7.87. The van der Waals surface area contributed by atoms with Gasteiger partial charge in [-0.15, -0.1) is 5.10 Å². The van der Waals surface area contributed by atoms with Crippen molar-refractivity contribution in [2.75, 3.05) is 51.0 Å². The van der Waals surface area contributed by atoms with Crippen molar-refractivity contribution in [2.45, 2.75) is 166 Å². The Morgan fingerprint density at radius 2 is 1.63 bits per heavy atom. The quantitative estimate of drug-likeness (QED) is 0.0723. The molecule has 1 saturated carbocycles. The number of amides is 3. The van der Waals surface area contributed by atoms with Crippen molar-refractivity contribution >= 4 is 45.5 Å². The van der Waals surface area contributed by atoms with Gasteiger partial charge in [0.2, 0.25) is 11.8 Å². The largest absolute Gasteiger partial charge is 0.486 e. The second-order valence-corrected chi connectivity index (χ2v) is 27.5. The maximum Gasteiger partial charge on any atom is 0.410 e. The number of β-amino-alcohol motifs (C(OH)–C–C–N with tert-alkyl or cyclic N) is 1. The minimum Gasteiger partial charge on any atom is -0.486 e. The van der Waals surface area contributed by atoms with Gasteiger partial charge in [0, 0.05) is 92.3 Å². The Morgan fingerprint density at radius 1 is 0.851 bits per heavy atom. The van der Waals surface area contributed by atoms with Crippen molar-refractivity contribution in [2.24, 2.45) is 13.0 Å². The number of ether oxygens (including phenoxy) is 5. The van der Waals surface area contributed by atoms with Crippen LogP contribution in [0.2, 0.25) is 0 Å². The lowest BCUT2D eigenvalue weighted by Crippen LogP contribution is -2.50. The number of nitrogens with one attached hydrogen (secondary N) is 1. The molecule has 4 aromatic heterocycles. The average Bonchev–Trinajstić information content (AvgIpc) is 1.35. The van der Waals surface area contributed by atoms with Crippen molar-refractivity contribution in [3.8, 4) is 45.4 Å². The van der Waals surface area contributed by atoms with E-state index in [1.54, 1.807) is 23.1 Å². The molecular formula is C70H82FN13O10. The van der Waals surface area contributed by atoms with Crippen LogP contribution >= 0.6 is 0 Å². The number of aromatic nitrogens is 9. The molecule has 24 heteroatoms. The van der Waals surface area contributed by atoms with Crippen molar-refractivity contribution in [1.82, 2.24) is 59.6 Å². The van der Waals surface area contributed by atoms with Gasteiger partial charge in [0.1, 0.15) is 53.2 Å². The maximum atomic E-state index is 17.0. The van der Waals surface area contributed by atoms with E-state index in [2.05, 4.69) is 31.7 Å². The van der Waals surface area contributed by atoms with E-state index in [0.717, 1.165) is 82.8 Å². The number of nitrogens with zero attached hydrogens (tertiary/aromatic N) is 12. The van der Waals surface area contributed by atoms with E-state index in [1.165, 1.54) is 9.58 Å². The average molecular weight is 1280 g/mol. The van der Waals surface area contributed by atoms with Gasteiger partial charge >= 0.3 is 12.1 Å². The fourth-order valence-corrected chi connectivity index (χ4v) is 14.4. The van der Waals surface area contributed by atoms with Crippen LogP contribution in [0.5, 0.6) is 11.8 Å². The van der Waals surface area contributed by atoms with Gasteiger partial charge in [-0.25, -0.2) is 18.5 Å². The maximum absolute atomic E-state index is 17.0. The second-order valence-electron chi connectivity index (χ2n) is 27.5. The zero-order valence-electron chi connectivity index (χ0n) is 54.3. The van der Waals surface area contributed by atoms with E-state index >= 15 is 4.39 Å². The molecule has 494 valence electrons. The smallest absolute Gasteiger partial charge is 0.410 e. The molecule has 6 aliphatic rings. The second kappa shape index (κ2) is 25.6. The van der Waals surface area contributed by atoms with E-state index in [-0.39, 0.29) is 80.4 Å². The monoisotopic (exact) mass is 1280 g/mol. The first-order chi connectivity index (χ1) is 45.4. The molecule has 4 aromatic carbocycles. The number of hydrogen-bond donors (Lipinski definition) is 3. The van der Waals surface area contributed by atoms with Gasteiger partial charge in [0.15, 0.2) is 12.0 Å². The highest BCUT2D eigenvalue weighted by atomic mass is 19.1. The predicted molar refractivity (Wildman–Crippen MR) is 347 cm³/mol. The number of fused-ring (bicyclic) bond motifs is 4. The molecule has 6 fully saturated rings. The normalized spacial score (nSPS) is 21.6. The number of aliphatic hydroxyl groups is 2. The molecular weight excluding hydrogens is 1200 g/mol. The Kier molecular flexibility index (Phi) is 17.1. The summed E-state index contributed by atoms with van der Waals surface area (Å²) in [6, 6.07) is 18.2. The predicted octanol–water partition coefficient (Wildman–Crippen LogP) is 9.67. The standard InChI is InChI=1S/C70H82FN13O10/c1-39(2)63(67(88)82-35-48(86)29-58(82)66(87)74-55(37-85)44-17-19-45(20-18-44)56-21-24-72-79(56)7)83-36-54(77-78-83)43-13-11-41(12-14-43)38-92-64-61(60-40(3)53(71)31-57-52(60)32-73-84(57)59-10-8-9-25-91-59)50(42-15-16-42)30-51-62(64)75-68(93-49-22-26-90-27-23-49)76-65(51)80-33-47-28-46(80)34-81(47)69(89)94-70(4,5)6/h11-14,17-21,24,30-32,36,39,42,46-49,55,58-59,63,85-86H,8-10,15-16,22-23,25-29,33-35,37-38H2,1-7H3,(H,74,87)/t46-,47-,48+,55+,58-,59?,63-/m0/s1. The summed E-state index contributed by atoms with van der Waals surface area (Å²) in [5.74, 6) is -0.307. The number of hydrogen-bond acceptors (Lipinski definition) is 17. The molecule has 5 aliphatic heterocycles. The van der Waals surface area contributed by atoms with Crippen LogP contribution in [0.25, 0.3) is 55.4 Å². The highest BCUT2D eigenvalue weighted by Gasteiger charge is 2.49. The molecule has 0 spiro atoms. The summed E-state index contributed by atoms with van der Waals surface area (Å²) in [4.78, 5) is 58.6. The number of carbonyl (C=O) groups excluding carboxylic acids is 3. The molecule has 5 saturated heterocycles. The first kappa shape index (κ1) is 62.8. The Labute approximate surface area is 544 Å². The Hall–Kier alpha value is -8.58. The van der Waals surface area contributed by atoms with E-state index < -0.39 is 41.6 Å².